The van der Waals surface area contributed by atoms with E-state index in [4.69, 9.17) is 11.6 Å². The SMILES string of the molecule is CCNC(c1ccccc1C)c1cc(F)c(Cl)cc1F. The highest BCUT2D eigenvalue weighted by Crippen LogP contribution is 2.29. The second-order valence-corrected chi connectivity index (χ2v) is 5.04. The van der Waals surface area contributed by atoms with E-state index in [2.05, 4.69) is 5.32 Å². The average molecular weight is 296 g/mol. The summed E-state index contributed by atoms with van der Waals surface area (Å²) in [5, 5.41) is 2.99. The number of hydrogen-bond donors (Lipinski definition) is 1. The minimum absolute atomic E-state index is 0.203. The van der Waals surface area contributed by atoms with Crippen molar-refractivity contribution in [2.75, 3.05) is 6.54 Å². The van der Waals surface area contributed by atoms with Crippen LogP contribution >= 0.6 is 11.6 Å². The Morgan fingerprint density at radius 3 is 2.45 bits per heavy atom. The van der Waals surface area contributed by atoms with E-state index in [0.29, 0.717) is 6.54 Å². The van der Waals surface area contributed by atoms with Gasteiger partial charge in [-0.15, -0.1) is 0 Å². The Kier molecular flexibility index (Phi) is 4.73. The highest BCUT2D eigenvalue weighted by atomic mass is 35.5. The summed E-state index contributed by atoms with van der Waals surface area (Å²) < 4.78 is 27.8. The number of benzene rings is 2. The molecule has 0 spiro atoms. The first-order valence-corrected chi connectivity index (χ1v) is 6.85. The summed E-state index contributed by atoms with van der Waals surface area (Å²) in [6, 6.07) is 9.45. The molecule has 0 bridgehead atoms. The maximum atomic E-state index is 14.1. The summed E-state index contributed by atoms with van der Waals surface area (Å²) in [6.45, 7) is 4.52. The van der Waals surface area contributed by atoms with Gasteiger partial charge in [0.2, 0.25) is 0 Å². The van der Waals surface area contributed by atoms with Crippen LogP contribution in [-0.4, -0.2) is 6.54 Å². The molecule has 4 heteroatoms. The van der Waals surface area contributed by atoms with E-state index in [1.807, 2.05) is 38.1 Å². The van der Waals surface area contributed by atoms with Crippen molar-refractivity contribution in [3.63, 3.8) is 0 Å². The first-order chi connectivity index (χ1) is 9.54. The molecule has 0 amide bonds. The molecule has 2 rings (SSSR count). The monoisotopic (exact) mass is 295 g/mol. The largest absolute Gasteiger partial charge is 0.306 e. The zero-order valence-electron chi connectivity index (χ0n) is 11.4. The molecular weight excluding hydrogens is 280 g/mol. The van der Waals surface area contributed by atoms with Gasteiger partial charge in [0.15, 0.2) is 0 Å². The fourth-order valence-corrected chi connectivity index (χ4v) is 2.41. The molecule has 1 unspecified atom stereocenters. The molecule has 1 nitrogen and oxygen atoms in total. The third kappa shape index (κ3) is 3.00. The van der Waals surface area contributed by atoms with E-state index in [0.717, 1.165) is 23.3 Å². The zero-order valence-corrected chi connectivity index (χ0v) is 12.1. The molecule has 2 aromatic rings. The van der Waals surface area contributed by atoms with Crippen LogP contribution < -0.4 is 5.32 Å². The Labute approximate surface area is 122 Å². The van der Waals surface area contributed by atoms with Crippen molar-refractivity contribution in [3.05, 3.63) is 69.7 Å². The van der Waals surface area contributed by atoms with E-state index in [1.165, 1.54) is 0 Å². The van der Waals surface area contributed by atoms with Crippen molar-refractivity contribution in [1.29, 1.82) is 0 Å². The van der Waals surface area contributed by atoms with Gasteiger partial charge >= 0.3 is 0 Å². The van der Waals surface area contributed by atoms with Crippen LogP contribution in [-0.2, 0) is 0 Å². The van der Waals surface area contributed by atoms with Crippen LogP contribution in [0.4, 0.5) is 8.78 Å². The van der Waals surface area contributed by atoms with Crippen LogP contribution in [0.5, 0.6) is 0 Å². The highest BCUT2D eigenvalue weighted by Gasteiger charge is 2.20. The Bertz CT molecular complexity index is 613. The molecule has 1 N–H and O–H groups in total. The van der Waals surface area contributed by atoms with Gasteiger partial charge in [-0.05, 0) is 36.7 Å². The predicted octanol–water partition coefficient (Wildman–Crippen LogP) is 4.63. The lowest BCUT2D eigenvalue weighted by Crippen LogP contribution is -2.24. The van der Waals surface area contributed by atoms with Crippen LogP contribution in [0.1, 0.15) is 29.7 Å². The molecule has 0 aliphatic rings. The lowest BCUT2D eigenvalue weighted by atomic mass is 9.94. The van der Waals surface area contributed by atoms with E-state index in [1.54, 1.807) is 0 Å². The zero-order chi connectivity index (χ0) is 14.7. The third-order valence-electron chi connectivity index (χ3n) is 3.26. The van der Waals surface area contributed by atoms with Crippen molar-refractivity contribution < 1.29 is 8.78 Å². The van der Waals surface area contributed by atoms with Crippen molar-refractivity contribution in [2.45, 2.75) is 19.9 Å². The molecular formula is C16H16ClF2N. The van der Waals surface area contributed by atoms with Gasteiger partial charge in [0.05, 0.1) is 11.1 Å². The molecule has 20 heavy (non-hydrogen) atoms. The fraction of sp³-hybridized carbons (Fsp3) is 0.250. The predicted molar refractivity (Wildman–Crippen MR) is 78.1 cm³/mol. The molecule has 0 saturated heterocycles. The second-order valence-electron chi connectivity index (χ2n) is 4.64. The van der Waals surface area contributed by atoms with Gasteiger partial charge in [0, 0.05) is 5.56 Å². The molecule has 0 aromatic heterocycles. The van der Waals surface area contributed by atoms with E-state index < -0.39 is 17.7 Å². The molecule has 0 aliphatic carbocycles. The van der Waals surface area contributed by atoms with Crippen molar-refractivity contribution in [3.8, 4) is 0 Å². The van der Waals surface area contributed by atoms with E-state index in [-0.39, 0.29) is 10.6 Å². The topological polar surface area (TPSA) is 12.0 Å². The van der Waals surface area contributed by atoms with Gasteiger partial charge < -0.3 is 5.32 Å². The van der Waals surface area contributed by atoms with Crippen molar-refractivity contribution in [2.24, 2.45) is 0 Å². The Balaban J connectivity index is 2.54. The number of halogens is 3. The fourth-order valence-electron chi connectivity index (χ4n) is 2.26. The molecule has 106 valence electrons. The van der Waals surface area contributed by atoms with Crippen LogP contribution in [0.15, 0.2) is 36.4 Å². The van der Waals surface area contributed by atoms with Gasteiger partial charge in [-0.2, -0.15) is 0 Å². The molecule has 0 aliphatic heterocycles. The summed E-state index contributed by atoms with van der Waals surface area (Å²) >= 11 is 5.61. The van der Waals surface area contributed by atoms with Crippen LogP contribution in [0.2, 0.25) is 5.02 Å². The summed E-state index contributed by atoms with van der Waals surface area (Å²) in [5.74, 6) is -1.12. The Morgan fingerprint density at radius 1 is 1.10 bits per heavy atom. The molecule has 0 radical (unpaired) electrons. The first kappa shape index (κ1) is 14.9. The maximum Gasteiger partial charge on any atom is 0.142 e. The molecule has 2 aromatic carbocycles. The number of rotatable bonds is 4. The second kappa shape index (κ2) is 6.33. The van der Waals surface area contributed by atoms with Gasteiger partial charge in [0.25, 0.3) is 0 Å². The summed E-state index contributed by atoms with van der Waals surface area (Å²) in [6.07, 6.45) is 0. The van der Waals surface area contributed by atoms with Crippen LogP contribution in [0.3, 0.4) is 0 Å². The Morgan fingerprint density at radius 2 is 1.80 bits per heavy atom. The summed E-state index contributed by atoms with van der Waals surface area (Å²) in [7, 11) is 0. The highest BCUT2D eigenvalue weighted by molar-refractivity contribution is 6.30. The Hall–Kier alpha value is -1.45. The minimum Gasteiger partial charge on any atom is -0.306 e. The number of aryl methyl sites for hydroxylation is 1. The maximum absolute atomic E-state index is 14.1. The van der Waals surface area contributed by atoms with E-state index in [9.17, 15) is 8.78 Å². The average Bonchev–Trinajstić information content (AvgIpc) is 2.42. The normalized spacial score (nSPS) is 12.4. The quantitative estimate of drug-likeness (QED) is 0.811. The van der Waals surface area contributed by atoms with Gasteiger partial charge in [-0.25, -0.2) is 8.78 Å². The molecule has 0 heterocycles. The molecule has 0 fully saturated rings. The summed E-state index contributed by atoms with van der Waals surface area (Å²) in [5.41, 5.74) is 2.21. The minimum atomic E-state index is -0.612. The van der Waals surface area contributed by atoms with Crippen molar-refractivity contribution >= 4 is 11.6 Å². The first-order valence-electron chi connectivity index (χ1n) is 6.48. The van der Waals surface area contributed by atoms with Crippen LogP contribution in [0.25, 0.3) is 0 Å². The smallest absolute Gasteiger partial charge is 0.142 e. The summed E-state index contributed by atoms with van der Waals surface area (Å²) in [4.78, 5) is 0. The standard InChI is InChI=1S/C16H16ClF2N/c1-3-20-16(11-7-5-4-6-10(11)2)12-8-15(19)13(17)9-14(12)18/h4-9,16,20H,3H2,1-2H3. The third-order valence-corrected chi connectivity index (χ3v) is 3.55. The van der Waals surface area contributed by atoms with Gasteiger partial charge in [0.1, 0.15) is 11.6 Å². The van der Waals surface area contributed by atoms with Gasteiger partial charge in [-0.3, -0.25) is 0 Å². The number of hydrogen-bond acceptors (Lipinski definition) is 1. The number of nitrogens with one attached hydrogen (secondary N) is 1. The molecule has 1 atom stereocenters. The lowest BCUT2D eigenvalue weighted by Gasteiger charge is -2.21. The molecule has 0 saturated carbocycles. The lowest BCUT2D eigenvalue weighted by molar-refractivity contribution is 0.544. The van der Waals surface area contributed by atoms with Crippen molar-refractivity contribution in [1.82, 2.24) is 5.32 Å². The van der Waals surface area contributed by atoms with Crippen LogP contribution in [0, 0.1) is 18.6 Å². The van der Waals surface area contributed by atoms with E-state index >= 15 is 0 Å². The van der Waals surface area contributed by atoms with Gasteiger partial charge in [-0.1, -0.05) is 42.8 Å².